The molecule has 18 heavy (non-hydrogen) atoms. The van der Waals surface area contributed by atoms with Gasteiger partial charge >= 0.3 is 0 Å². The first-order valence-electron chi connectivity index (χ1n) is 6.12. The minimum Gasteiger partial charge on any atom is -0.391 e. The van der Waals surface area contributed by atoms with Crippen molar-refractivity contribution in [3.8, 4) is 0 Å². The molecule has 0 fully saturated rings. The van der Waals surface area contributed by atoms with Crippen LogP contribution in [-0.2, 0) is 6.61 Å². The summed E-state index contributed by atoms with van der Waals surface area (Å²) in [5.41, 5.74) is 1.76. The highest BCUT2D eigenvalue weighted by Gasteiger charge is 2.23. The van der Waals surface area contributed by atoms with Crippen molar-refractivity contribution in [1.82, 2.24) is 4.98 Å². The molecular weight excluding hydrogens is 268 g/mol. The van der Waals surface area contributed by atoms with Crippen LogP contribution in [0.2, 0.25) is 5.15 Å². The molecule has 0 unspecified atom stereocenters. The van der Waals surface area contributed by atoms with Gasteiger partial charge in [-0.1, -0.05) is 55.4 Å². The summed E-state index contributed by atoms with van der Waals surface area (Å²) in [7, 11) is 0. The Bertz CT molecular complexity index is 462. The Morgan fingerprint density at radius 2 is 2.22 bits per heavy atom. The molecule has 1 aliphatic rings. The van der Waals surface area contributed by atoms with Crippen molar-refractivity contribution in [2.45, 2.75) is 33.8 Å². The van der Waals surface area contributed by atoms with Crippen LogP contribution in [0.1, 0.15) is 32.1 Å². The van der Waals surface area contributed by atoms with Crippen molar-refractivity contribution in [3.05, 3.63) is 21.7 Å². The van der Waals surface area contributed by atoms with Gasteiger partial charge in [-0.3, -0.25) is 0 Å². The maximum atomic E-state index is 9.13. The smallest absolute Gasteiger partial charge is 0.187 e. The molecule has 2 heterocycles. The van der Waals surface area contributed by atoms with E-state index in [0.29, 0.717) is 5.15 Å². The Labute approximate surface area is 117 Å². The van der Waals surface area contributed by atoms with Crippen molar-refractivity contribution in [3.63, 3.8) is 0 Å². The van der Waals surface area contributed by atoms with Crippen LogP contribution in [0.5, 0.6) is 0 Å². The van der Waals surface area contributed by atoms with Crippen molar-refractivity contribution >= 4 is 28.1 Å². The monoisotopic (exact) mass is 286 g/mol. The lowest BCUT2D eigenvalue weighted by Crippen LogP contribution is -2.31. The molecule has 0 radical (unpaired) electrons. The lowest BCUT2D eigenvalue weighted by molar-refractivity contribution is 0.285. The maximum Gasteiger partial charge on any atom is 0.187 e. The molecule has 2 rings (SSSR count). The van der Waals surface area contributed by atoms with Gasteiger partial charge in [0.2, 0.25) is 0 Å². The van der Waals surface area contributed by atoms with Crippen molar-refractivity contribution in [2.75, 3.05) is 18.0 Å². The van der Waals surface area contributed by atoms with E-state index in [9.17, 15) is 0 Å². The van der Waals surface area contributed by atoms with E-state index in [1.54, 1.807) is 0 Å². The third-order valence-electron chi connectivity index (χ3n) is 3.22. The summed E-state index contributed by atoms with van der Waals surface area (Å²) in [6.07, 6.45) is 3.35. The Kier molecular flexibility index (Phi) is 3.99. The Balaban J connectivity index is 2.11. The van der Waals surface area contributed by atoms with Gasteiger partial charge in [0, 0.05) is 13.1 Å². The molecule has 0 saturated heterocycles. The number of rotatable bonds is 2. The van der Waals surface area contributed by atoms with Crippen LogP contribution < -0.4 is 4.90 Å². The second kappa shape index (κ2) is 5.19. The first-order valence-corrected chi connectivity index (χ1v) is 7.32. The van der Waals surface area contributed by atoms with Gasteiger partial charge in [0.15, 0.2) is 5.13 Å². The quantitative estimate of drug-likeness (QED) is 0.846. The molecule has 0 amide bonds. The maximum absolute atomic E-state index is 9.13. The highest BCUT2D eigenvalue weighted by atomic mass is 35.5. The number of aliphatic hydroxyl groups excluding tert-OH is 1. The summed E-state index contributed by atoms with van der Waals surface area (Å²) in [5, 5.41) is 10.5. The minimum absolute atomic E-state index is 0.0343. The first kappa shape index (κ1) is 13.8. The Morgan fingerprint density at radius 1 is 1.50 bits per heavy atom. The van der Waals surface area contributed by atoms with E-state index in [-0.39, 0.29) is 12.0 Å². The molecule has 0 atom stereocenters. The van der Waals surface area contributed by atoms with Crippen LogP contribution >= 0.6 is 22.9 Å². The Morgan fingerprint density at radius 3 is 2.67 bits per heavy atom. The predicted molar refractivity (Wildman–Crippen MR) is 77.4 cm³/mol. The zero-order chi connectivity index (χ0) is 13.3. The van der Waals surface area contributed by atoms with Gasteiger partial charge in [-0.15, -0.1) is 0 Å². The molecule has 0 bridgehead atoms. The van der Waals surface area contributed by atoms with Crippen molar-refractivity contribution < 1.29 is 5.11 Å². The largest absolute Gasteiger partial charge is 0.391 e. The van der Waals surface area contributed by atoms with Crippen LogP contribution in [0.15, 0.2) is 11.6 Å². The summed E-state index contributed by atoms with van der Waals surface area (Å²) in [5.74, 6) is 0. The van der Waals surface area contributed by atoms with Gasteiger partial charge in [0.1, 0.15) is 5.15 Å². The molecule has 5 heteroatoms. The number of halogens is 1. The summed E-state index contributed by atoms with van der Waals surface area (Å²) in [4.78, 5) is 7.27. The third-order valence-corrected chi connectivity index (χ3v) is 4.75. The number of aromatic nitrogens is 1. The molecule has 100 valence electrons. The van der Waals surface area contributed by atoms with Crippen LogP contribution in [0, 0.1) is 5.41 Å². The van der Waals surface area contributed by atoms with Crippen LogP contribution in [0.4, 0.5) is 5.13 Å². The predicted octanol–water partition coefficient (Wildman–Crippen LogP) is 3.47. The molecule has 0 aromatic carbocycles. The average molecular weight is 287 g/mol. The molecule has 1 aromatic rings. The lowest BCUT2D eigenvalue weighted by Gasteiger charge is -2.31. The number of hydrogen-bond donors (Lipinski definition) is 1. The SMILES string of the molecule is CC(C)(C)C1=CCN(c2nc(Cl)c(CO)s2)CC1. The zero-order valence-corrected chi connectivity index (χ0v) is 12.6. The van der Waals surface area contributed by atoms with Gasteiger partial charge in [-0.05, 0) is 11.8 Å². The molecule has 1 N–H and O–H groups in total. The molecular formula is C13H19ClN2OS. The summed E-state index contributed by atoms with van der Waals surface area (Å²) in [6.45, 7) is 8.56. The van der Waals surface area contributed by atoms with E-state index in [4.69, 9.17) is 16.7 Å². The molecule has 1 aromatic heterocycles. The van der Waals surface area contributed by atoms with Gasteiger partial charge < -0.3 is 10.0 Å². The van der Waals surface area contributed by atoms with Gasteiger partial charge in [0.05, 0.1) is 11.5 Å². The summed E-state index contributed by atoms with van der Waals surface area (Å²) < 4.78 is 0. The fraction of sp³-hybridized carbons (Fsp3) is 0.615. The number of thiazole rings is 1. The van der Waals surface area contributed by atoms with E-state index in [1.807, 2.05) is 0 Å². The van der Waals surface area contributed by atoms with Gasteiger partial charge in [-0.25, -0.2) is 4.98 Å². The number of hydrogen-bond acceptors (Lipinski definition) is 4. The fourth-order valence-electron chi connectivity index (χ4n) is 2.08. The van der Waals surface area contributed by atoms with E-state index >= 15 is 0 Å². The minimum atomic E-state index is -0.0343. The number of aliphatic hydroxyl groups is 1. The second-order valence-corrected chi connectivity index (χ2v) is 6.96. The normalized spacial score (nSPS) is 16.9. The topological polar surface area (TPSA) is 36.4 Å². The van der Waals surface area contributed by atoms with Crippen molar-refractivity contribution in [1.29, 1.82) is 0 Å². The molecule has 0 aliphatic carbocycles. The van der Waals surface area contributed by atoms with Crippen LogP contribution in [0.3, 0.4) is 0 Å². The number of nitrogens with zero attached hydrogens (tertiary/aromatic N) is 2. The molecule has 0 saturated carbocycles. The van der Waals surface area contributed by atoms with Crippen LogP contribution in [0.25, 0.3) is 0 Å². The lowest BCUT2D eigenvalue weighted by atomic mass is 9.83. The fourth-order valence-corrected chi connectivity index (χ4v) is 3.23. The van der Waals surface area contributed by atoms with E-state index in [1.165, 1.54) is 16.9 Å². The highest BCUT2D eigenvalue weighted by Crippen LogP contribution is 2.34. The standard InChI is InChI=1S/C13H19ClN2OS/c1-13(2,3)9-4-6-16(7-5-9)12-15-11(14)10(8-17)18-12/h4,17H,5-8H2,1-3H3. The third kappa shape index (κ3) is 2.87. The van der Waals surface area contributed by atoms with Gasteiger partial charge in [-0.2, -0.15) is 0 Å². The number of anilines is 1. The Hall–Kier alpha value is -0.580. The molecule has 1 aliphatic heterocycles. The van der Waals surface area contributed by atoms with Gasteiger partial charge in [0.25, 0.3) is 0 Å². The second-order valence-electron chi connectivity index (χ2n) is 5.54. The first-order chi connectivity index (χ1) is 8.41. The zero-order valence-electron chi connectivity index (χ0n) is 11.0. The average Bonchev–Trinajstić information content (AvgIpc) is 2.69. The molecule has 3 nitrogen and oxygen atoms in total. The van der Waals surface area contributed by atoms with E-state index in [0.717, 1.165) is 29.5 Å². The van der Waals surface area contributed by atoms with E-state index in [2.05, 4.69) is 36.7 Å². The van der Waals surface area contributed by atoms with Crippen LogP contribution in [-0.4, -0.2) is 23.2 Å². The summed E-state index contributed by atoms with van der Waals surface area (Å²) >= 11 is 7.44. The highest BCUT2D eigenvalue weighted by molar-refractivity contribution is 7.16. The molecule has 0 spiro atoms. The van der Waals surface area contributed by atoms with E-state index < -0.39 is 0 Å². The summed E-state index contributed by atoms with van der Waals surface area (Å²) in [6, 6.07) is 0. The van der Waals surface area contributed by atoms with Crippen molar-refractivity contribution in [2.24, 2.45) is 5.41 Å².